The van der Waals surface area contributed by atoms with Crippen molar-refractivity contribution in [2.24, 2.45) is 5.92 Å². The second-order valence-electron chi connectivity index (χ2n) is 8.76. The fraction of sp³-hybridized carbons (Fsp3) is 0.560. The van der Waals surface area contributed by atoms with Crippen molar-refractivity contribution in [1.29, 1.82) is 0 Å². The SMILES string of the molecule is C=C1NC(=O)N(C)C12Cc1ccc(NC(=O)C(=O)CCC3CCCCC3)cc1C2.CC. The molecule has 1 spiro atoms. The van der Waals surface area contributed by atoms with Gasteiger partial charge in [-0.15, -0.1) is 0 Å². The zero-order valence-corrected chi connectivity index (χ0v) is 19.1. The maximum Gasteiger partial charge on any atom is 0.322 e. The Bertz CT molecular complexity index is 873. The summed E-state index contributed by atoms with van der Waals surface area (Å²) in [7, 11) is 1.78. The Balaban J connectivity index is 0.00000132. The van der Waals surface area contributed by atoms with Gasteiger partial charge in [0.05, 0.1) is 5.54 Å². The Morgan fingerprint density at radius 2 is 1.84 bits per heavy atom. The summed E-state index contributed by atoms with van der Waals surface area (Å²) in [5.41, 5.74) is 3.10. The van der Waals surface area contributed by atoms with Gasteiger partial charge in [0.15, 0.2) is 0 Å². The highest BCUT2D eigenvalue weighted by atomic mass is 16.2. The van der Waals surface area contributed by atoms with Crippen LogP contribution in [0.3, 0.4) is 0 Å². The van der Waals surface area contributed by atoms with Crippen LogP contribution in [0.1, 0.15) is 69.9 Å². The highest BCUT2D eigenvalue weighted by Gasteiger charge is 2.50. The zero-order valence-electron chi connectivity index (χ0n) is 19.1. The van der Waals surface area contributed by atoms with Crippen molar-refractivity contribution in [2.45, 2.75) is 77.2 Å². The van der Waals surface area contributed by atoms with E-state index >= 15 is 0 Å². The van der Waals surface area contributed by atoms with E-state index in [1.54, 1.807) is 11.9 Å². The van der Waals surface area contributed by atoms with Gasteiger partial charge in [-0.3, -0.25) is 9.59 Å². The molecule has 6 nitrogen and oxygen atoms in total. The number of carbonyl (C=O) groups excluding carboxylic acids is 3. The molecule has 3 aliphatic rings. The first-order chi connectivity index (χ1) is 14.9. The third kappa shape index (κ3) is 4.68. The molecule has 2 fully saturated rings. The molecule has 1 saturated carbocycles. The molecule has 2 aliphatic carbocycles. The molecule has 1 aliphatic heterocycles. The van der Waals surface area contributed by atoms with Crippen LogP contribution in [0.5, 0.6) is 0 Å². The summed E-state index contributed by atoms with van der Waals surface area (Å²) in [6.07, 6.45) is 8.61. The molecular formula is C25H35N3O3. The van der Waals surface area contributed by atoms with E-state index in [2.05, 4.69) is 17.2 Å². The molecular weight excluding hydrogens is 390 g/mol. The van der Waals surface area contributed by atoms with Crippen LogP contribution in [0.4, 0.5) is 10.5 Å². The van der Waals surface area contributed by atoms with Crippen molar-refractivity contribution in [3.05, 3.63) is 41.6 Å². The number of nitrogens with zero attached hydrogens (tertiary/aromatic N) is 1. The molecule has 1 unspecified atom stereocenters. The summed E-state index contributed by atoms with van der Waals surface area (Å²) in [6, 6.07) is 5.58. The lowest BCUT2D eigenvalue weighted by Crippen LogP contribution is -2.44. The van der Waals surface area contributed by atoms with Crippen LogP contribution in [-0.2, 0) is 22.4 Å². The Labute approximate surface area is 185 Å². The number of carbonyl (C=O) groups is 3. The molecule has 4 rings (SSSR count). The number of urea groups is 1. The maximum atomic E-state index is 12.3. The predicted molar refractivity (Wildman–Crippen MR) is 123 cm³/mol. The lowest BCUT2D eigenvalue weighted by molar-refractivity contribution is -0.135. The largest absolute Gasteiger partial charge is 0.322 e. The minimum Gasteiger partial charge on any atom is -0.319 e. The van der Waals surface area contributed by atoms with E-state index in [0.717, 1.165) is 17.5 Å². The number of anilines is 1. The van der Waals surface area contributed by atoms with Crippen molar-refractivity contribution in [2.75, 3.05) is 12.4 Å². The van der Waals surface area contributed by atoms with Gasteiger partial charge in [0, 0.05) is 37.7 Å². The van der Waals surface area contributed by atoms with E-state index < -0.39 is 11.4 Å². The van der Waals surface area contributed by atoms with Crippen LogP contribution in [0.25, 0.3) is 0 Å². The van der Waals surface area contributed by atoms with Gasteiger partial charge in [-0.2, -0.15) is 0 Å². The van der Waals surface area contributed by atoms with Crippen LogP contribution in [0.15, 0.2) is 30.5 Å². The maximum absolute atomic E-state index is 12.3. The fourth-order valence-electron chi connectivity index (χ4n) is 5.04. The summed E-state index contributed by atoms with van der Waals surface area (Å²) in [6.45, 7) is 8.04. The highest BCUT2D eigenvalue weighted by Crippen LogP contribution is 2.41. The summed E-state index contributed by atoms with van der Waals surface area (Å²) in [4.78, 5) is 38.3. The molecule has 1 aromatic carbocycles. The van der Waals surface area contributed by atoms with E-state index in [4.69, 9.17) is 0 Å². The molecule has 2 N–H and O–H groups in total. The predicted octanol–water partition coefficient (Wildman–Crippen LogP) is 4.59. The Morgan fingerprint density at radius 3 is 2.48 bits per heavy atom. The molecule has 0 aromatic heterocycles. The van der Waals surface area contributed by atoms with Gasteiger partial charge in [0.2, 0.25) is 5.78 Å². The lowest BCUT2D eigenvalue weighted by Gasteiger charge is -2.30. The van der Waals surface area contributed by atoms with E-state index in [9.17, 15) is 14.4 Å². The molecule has 1 atom stereocenters. The van der Waals surface area contributed by atoms with Crippen LogP contribution >= 0.6 is 0 Å². The van der Waals surface area contributed by atoms with Gasteiger partial charge in [-0.1, -0.05) is 58.6 Å². The second kappa shape index (κ2) is 9.67. The number of ketones is 1. The summed E-state index contributed by atoms with van der Waals surface area (Å²) >= 11 is 0. The van der Waals surface area contributed by atoms with E-state index in [0.29, 0.717) is 36.6 Å². The molecule has 0 bridgehead atoms. The average Bonchev–Trinajstić information content (AvgIpc) is 3.27. The average molecular weight is 426 g/mol. The van der Waals surface area contributed by atoms with Crippen LogP contribution in [0.2, 0.25) is 0 Å². The van der Waals surface area contributed by atoms with Gasteiger partial charge in [0.25, 0.3) is 5.91 Å². The number of fused-ring (bicyclic) bond motifs is 1. The number of nitrogens with one attached hydrogen (secondary N) is 2. The number of Topliss-reactive ketones (excluding diaryl/α,β-unsaturated/α-hetero) is 1. The van der Waals surface area contributed by atoms with Crippen LogP contribution in [0, 0.1) is 5.92 Å². The number of likely N-dealkylation sites (N-methyl/N-ethyl adjacent to an activating group) is 1. The smallest absolute Gasteiger partial charge is 0.319 e. The summed E-state index contributed by atoms with van der Waals surface area (Å²) < 4.78 is 0. The Hall–Kier alpha value is -2.63. The van der Waals surface area contributed by atoms with Gasteiger partial charge in [-0.05, 0) is 35.6 Å². The number of amides is 3. The van der Waals surface area contributed by atoms with E-state index in [1.807, 2.05) is 32.0 Å². The zero-order chi connectivity index (χ0) is 22.6. The number of rotatable bonds is 5. The first kappa shape index (κ1) is 23.0. The van der Waals surface area contributed by atoms with Crippen molar-refractivity contribution in [3.63, 3.8) is 0 Å². The first-order valence-electron chi connectivity index (χ1n) is 11.6. The minimum atomic E-state index is -0.535. The molecule has 168 valence electrons. The van der Waals surface area contributed by atoms with E-state index in [1.165, 1.54) is 32.1 Å². The third-order valence-electron chi connectivity index (χ3n) is 6.95. The number of hydrogen-bond acceptors (Lipinski definition) is 3. The number of hydrogen-bond donors (Lipinski definition) is 2. The van der Waals surface area contributed by atoms with E-state index in [-0.39, 0.29) is 11.8 Å². The third-order valence-corrected chi connectivity index (χ3v) is 6.95. The minimum absolute atomic E-state index is 0.139. The standard InChI is InChI=1S/C23H29N3O3.C2H6/c1-15-23(26(2)22(29)24-15)13-17-9-10-19(12-18(17)14-23)25-21(28)20(27)11-8-16-6-4-3-5-7-16;1-2/h9-10,12,16H,1,3-8,11,13-14H2,2H3,(H,24,29)(H,25,28);1-2H3. The summed E-state index contributed by atoms with van der Waals surface area (Å²) in [5.74, 6) is -0.288. The first-order valence-corrected chi connectivity index (χ1v) is 11.6. The quantitative estimate of drug-likeness (QED) is 0.678. The van der Waals surface area contributed by atoms with Crippen molar-refractivity contribution in [3.8, 4) is 0 Å². The second-order valence-corrected chi connectivity index (χ2v) is 8.76. The molecule has 6 heteroatoms. The topological polar surface area (TPSA) is 78.5 Å². The monoisotopic (exact) mass is 425 g/mol. The molecule has 31 heavy (non-hydrogen) atoms. The Kier molecular flexibility index (Phi) is 7.19. The molecule has 1 saturated heterocycles. The van der Waals surface area contributed by atoms with Gasteiger partial charge in [0.1, 0.15) is 0 Å². The van der Waals surface area contributed by atoms with Gasteiger partial charge >= 0.3 is 6.03 Å². The van der Waals surface area contributed by atoms with Crippen LogP contribution < -0.4 is 10.6 Å². The number of benzene rings is 1. The molecule has 3 amide bonds. The van der Waals surface area contributed by atoms with Crippen molar-refractivity contribution < 1.29 is 14.4 Å². The molecule has 1 aromatic rings. The highest BCUT2D eigenvalue weighted by molar-refractivity contribution is 6.40. The molecule has 1 heterocycles. The van der Waals surface area contributed by atoms with Gasteiger partial charge < -0.3 is 15.5 Å². The van der Waals surface area contributed by atoms with Crippen LogP contribution in [-0.4, -0.2) is 35.2 Å². The summed E-state index contributed by atoms with van der Waals surface area (Å²) in [5, 5.41) is 5.58. The van der Waals surface area contributed by atoms with Crippen molar-refractivity contribution in [1.82, 2.24) is 10.2 Å². The van der Waals surface area contributed by atoms with Gasteiger partial charge in [-0.25, -0.2) is 4.79 Å². The molecule has 0 radical (unpaired) electrons. The Morgan fingerprint density at radius 1 is 1.16 bits per heavy atom. The normalized spacial score (nSPS) is 22.6. The lowest BCUT2D eigenvalue weighted by atomic mass is 9.85. The van der Waals surface area contributed by atoms with Crippen molar-refractivity contribution >= 4 is 23.4 Å². The fourth-order valence-corrected chi connectivity index (χ4v) is 5.04.